The summed E-state index contributed by atoms with van der Waals surface area (Å²) in [6.45, 7) is 4.16. The maximum absolute atomic E-state index is 9.89. The van der Waals surface area contributed by atoms with Gasteiger partial charge >= 0.3 is 0 Å². The Labute approximate surface area is 96.1 Å². The van der Waals surface area contributed by atoms with Crippen molar-refractivity contribution in [3.63, 3.8) is 0 Å². The van der Waals surface area contributed by atoms with E-state index >= 15 is 0 Å². The first-order valence-corrected chi connectivity index (χ1v) is 5.39. The Morgan fingerprint density at radius 2 is 2.25 bits per heavy atom. The Hall–Kier alpha value is -1.77. The number of phenols is 1. The molecule has 3 nitrogen and oxygen atoms in total. The molecular formula is C13H18N2O. The molecule has 3 heteroatoms. The monoisotopic (exact) mass is 218 g/mol. The van der Waals surface area contributed by atoms with Gasteiger partial charge in [0.25, 0.3) is 0 Å². The van der Waals surface area contributed by atoms with Crippen LogP contribution in [0.2, 0.25) is 0 Å². The number of phenolic OH excluding ortho intramolecular Hbond substituents is 1. The summed E-state index contributed by atoms with van der Waals surface area (Å²) in [4.78, 5) is 0. The van der Waals surface area contributed by atoms with Crippen molar-refractivity contribution in [2.45, 2.75) is 26.2 Å². The molecule has 0 radical (unpaired) electrons. The molecule has 16 heavy (non-hydrogen) atoms. The lowest BCUT2D eigenvalue weighted by Crippen LogP contribution is -1.95. The van der Waals surface area contributed by atoms with Gasteiger partial charge in [0.15, 0.2) is 0 Å². The normalized spacial score (nSPS) is 13.5. The summed E-state index contributed by atoms with van der Waals surface area (Å²) in [5.74, 6) is 0.604. The van der Waals surface area contributed by atoms with Crippen molar-refractivity contribution in [3.05, 3.63) is 35.5 Å². The van der Waals surface area contributed by atoms with Gasteiger partial charge in [0.1, 0.15) is 5.75 Å². The molecule has 0 aliphatic rings. The Bertz CT molecular complexity index is 410. The van der Waals surface area contributed by atoms with Gasteiger partial charge in [-0.3, -0.25) is 0 Å². The van der Waals surface area contributed by atoms with E-state index in [1.165, 1.54) is 12.4 Å². The van der Waals surface area contributed by atoms with Gasteiger partial charge in [-0.2, -0.15) is 0 Å². The van der Waals surface area contributed by atoms with Crippen LogP contribution in [-0.2, 0) is 0 Å². The maximum atomic E-state index is 9.89. The van der Waals surface area contributed by atoms with Crippen LogP contribution in [0.3, 0.4) is 0 Å². The summed E-state index contributed by atoms with van der Waals surface area (Å²) in [5.41, 5.74) is 7.70. The number of benzene rings is 1. The molecule has 4 N–H and O–H groups in total. The van der Waals surface area contributed by atoms with Crippen molar-refractivity contribution in [2.24, 2.45) is 5.73 Å². The van der Waals surface area contributed by atoms with Gasteiger partial charge in [-0.1, -0.05) is 26.0 Å². The lowest BCUT2D eigenvalue weighted by molar-refractivity contribution is 0.462. The Balaban J connectivity index is 3.13. The van der Waals surface area contributed by atoms with Crippen LogP contribution in [0.25, 0.3) is 5.57 Å². The van der Waals surface area contributed by atoms with Gasteiger partial charge in [0, 0.05) is 18.0 Å². The topological polar surface area (TPSA) is 70.1 Å². The fraction of sp³-hybridized carbons (Fsp3) is 0.308. The van der Waals surface area contributed by atoms with Gasteiger partial charge in [-0.25, -0.2) is 0 Å². The van der Waals surface area contributed by atoms with Crippen LogP contribution in [0.1, 0.15) is 37.3 Å². The molecule has 1 unspecified atom stereocenters. The summed E-state index contributed by atoms with van der Waals surface area (Å²) >= 11 is 0. The first kappa shape index (κ1) is 12.3. The summed E-state index contributed by atoms with van der Waals surface area (Å²) in [7, 11) is 0. The van der Waals surface area contributed by atoms with Crippen molar-refractivity contribution < 1.29 is 5.11 Å². The first-order chi connectivity index (χ1) is 7.63. The smallest absolute Gasteiger partial charge is 0.119 e. The van der Waals surface area contributed by atoms with E-state index in [9.17, 15) is 5.11 Å². The molecule has 0 bridgehead atoms. The van der Waals surface area contributed by atoms with Gasteiger partial charge in [-0.15, -0.1) is 0 Å². The van der Waals surface area contributed by atoms with Crippen LogP contribution in [0.5, 0.6) is 5.75 Å². The molecule has 1 aromatic carbocycles. The van der Waals surface area contributed by atoms with Gasteiger partial charge in [0.2, 0.25) is 0 Å². The number of rotatable bonds is 4. The van der Waals surface area contributed by atoms with E-state index in [1.54, 1.807) is 6.07 Å². The van der Waals surface area contributed by atoms with E-state index in [2.05, 4.69) is 13.8 Å². The summed E-state index contributed by atoms with van der Waals surface area (Å²) in [6, 6.07) is 5.43. The zero-order valence-corrected chi connectivity index (χ0v) is 9.70. The first-order valence-electron chi connectivity index (χ1n) is 5.39. The van der Waals surface area contributed by atoms with Gasteiger partial charge in [0.05, 0.1) is 0 Å². The standard InChI is InChI=1S/C13H18N2O/c1-3-9(2)12-5-4-10(6-13(12)16)11(7-14)8-15/h4-9,14,16H,3,15H2,1-2H3/b11-8+,14-7?. The van der Waals surface area contributed by atoms with Crippen LogP contribution >= 0.6 is 0 Å². The van der Waals surface area contributed by atoms with Crippen molar-refractivity contribution in [1.29, 1.82) is 5.41 Å². The molecule has 0 saturated heterocycles. The fourth-order valence-electron chi connectivity index (χ4n) is 1.59. The van der Waals surface area contributed by atoms with Crippen molar-refractivity contribution in [1.82, 2.24) is 0 Å². The molecule has 0 aromatic heterocycles. The van der Waals surface area contributed by atoms with Crippen molar-refractivity contribution in [2.75, 3.05) is 0 Å². The quantitative estimate of drug-likeness (QED) is 0.680. The van der Waals surface area contributed by atoms with Gasteiger partial charge in [-0.05, 0) is 29.5 Å². The fourth-order valence-corrected chi connectivity index (χ4v) is 1.59. The van der Waals surface area contributed by atoms with E-state index < -0.39 is 0 Å². The summed E-state index contributed by atoms with van der Waals surface area (Å²) < 4.78 is 0. The minimum atomic E-state index is 0.271. The number of hydrogen-bond donors (Lipinski definition) is 3. The third-order valence-electron chi connectivity index (χ3n) is 2.84. The zero-order chi connectivity index (χ0) is 12.1. The minimum Gasteiger partial charge on any atom is -0.508 e. The van der Waals surface area contributed by atoms with Crippen LogP contribution < -0.4 is 5.73 Å². The molecule has 0 heterocycles. The molecule has 86 valence electrons. The van der Waals surface area contributed by atoms with E-state index in [0.29, 0.717) is 11.5 Å². The Kier molecular flexibility index (Phi) is 4.11. The van der Waals surface area contributed by atoms with Gasteiger partial charge < -0.3 is 16.2 Å². The van der Waals surface area contributed by atoms with Crippen molar-refractivity contribution >= 4 is 11.8 Å². The molecule has 0 aliphatic carbocycles. The second-order valence-corrected chi connectivity index (χ2v) is 3.85. The second kappa shape index (κ2) is 5.35. The molecule has 1 atom stereocenters. The zero-order valence-electron chi connectivity index (χ0n) is 9.70. The molecular weight excluding hydrogens is 200 g/mol. The molecule has 0 fully saturated rings. The van der Waals surface area contributed by atoms with Crippen molar-refractivity contribution in [3.8, 4) is 5.75 Å². The third-order valence-corrected chi connectivity index (χ3v) is 2.84. The largest absolute Gasteiger partial charge is 0.508 e. The molecule has 0 spiro atoms. The third kappa shape index (κ3) is 2.42. The molecule has 0 saturated carbocycles. The van der Waals surface area contributed by atoms with Crippen LogP contribution in [0.4, 0.5) is 0 Å². The maximum Gasteiger partial charge on any atom is 0.119 e. The lowest BCUT2D eigenvalue weighted by Gasteiger charge is -2.12. The average Bonchev–Trinajstić information content (AvgIpc) is 2.30. The Morgan fingerprint density at radius 3 is 2.69 bits per heavy atom. The molecule has 1 rings (SSSR count). The van der Waals surface area contributed by atoms with Crippen LogP contribution in [-0.4, -0.2) is 11.3 Å². The van der Waals surface area contributed by atoms with E-state index in [1.807, 2.05) is 12.1 Å². The van der Waals surface area contributed by atoms with E-state index in [4.69, 9.17) is 11.1 Å². The molecule has 0 aliphatic heterocycles. The van der Waals surface area contributed by atoms with Crippen LogP contribution in [0, 0.1) is 5.41 Å². The SMILES string of the molecule is CCC(C)c1ccc(/C(C=N)=C/N)cc1O. The Morgan fingerprint density at radius 1 is 1.56 bits per heavy atom. The van der Waals surface area contributed by atoms with E-state index in [0.717, 1.165) is 17.5 Å². The molecule has 1 aromatic rings. The highest BCUT2D eigenvalue weighted by molar-refractivity contribution is 6.08. The highest BCUT2D eigenvalue weighted by Crippen LogP contribution is 2.30. The highest BCUT2D eigenvalue weighted by Gasteiger charge is 2.09. The lowest BCUT2D eigenvalue weighted by atomic mass is 9.95. The molecule has 0 amide bonds. The highest BCUT2D eigenvalue weighted by atomic mass is 16.3. The second-order valence-electron chi connectivity index (χ2n) is 3.85. The predicted molar refractivity (Wildman–Crippen MR) is 67.8 cm³/mol. The number of nitrogens with one attached hydrogen (secondary N) is 1. The minimum absolute atomic E-state index is 0.271. The number of nitrogens with two attached hydrogens (primary N) is 1. The average molecular weight is 218 g/mol. The number of allylic oxidation sites excluding steroid dienone is 1. The summed E-state index contributed by atoms with van der Waals surface area (Å²) in [5, 5.41) is 17.1. The predicted octanol–water partition coefficient (Wildman–Crippen LogP) is 2.85. The number of hydrogen-bond acceptors (Lipinski definition) is 3. The van der Waals surface area contributed by atoms with E-state index in [-0.39, 0.29) is 5.75 Å². The number of aromatic hydroxyl groups is 1. The van der Waals surface area contributed by atoms with Crippen LogP contribution in [0.15, 0.2) is 24.4 Å². The summed E-state index contributed by atoms with van der Waals surface area (Å²) in [6.07, 6.45) is 3.53.